The quantitative estimate of drug-likeness (QED) is 0.887. The van der Waals surface area contributed by atoms with Crippen molar-refractivity contribution in [2.75, 3.05) is 20.6 Å². The Morgan fingerprint density at radius 1 is 1.53 bits per heavy atom. The van der Waals surface area contributed by atoms with Gasteiger partial charge in [0.1, 0.15) is 0 Å². The van der Waals surface area contributed by atoms with Gasteiger partial charge in [0, 0.05) is 6.54 Å². The predicted octanol–water partition coefficient (Wildman–Crippen LogP) is 1.42. The van der Waals surface area contributed by atoms with Crippen LogP contribution >= 0.6 is 27.5 Å². The number of likely N-dealkylation sites (N-methyl/N-ethyl adjacent to an activating group) is 1. The van der Waals surface area contributed by atoms with E-state index >= 15 is 0 Å². The van der Waals surface area contributed by atoms with Gasteiger partial charge >= 0.3 is 0 Å². The Bertz CT molecular complexity index is 549. The van der Waals surface area contributed by atoms with E-state index in [1.807, 2.05) is 25.7 Å². The van der Waals surface area contributed by atoms with Crippen LogP contribution in [0.15, 0.2) is 10.7 Å². The lowest BCUT2D eigenvalue weighted by Crippen LogP contribution is -2.23. The van der Waals surface area contributed by atoms with Crippen molar-refractivity contribution in [3.8, 4) is 0 Å². The van der Waals surface area contributed by atoms with Crippen LogP contribution in [-0.4, -0.2) is 44.9 Å². The van der Waals surface area contributed by atoms with Gasteiger partial charge in [0.25, 0.3) is 0 Å². The molecule has 2 aromatic heterocycles. The molecule has 0 aliphatic heterocycles. The number of hydrogen-bond acceptors (Lipinski definition) is 6. The van der Waals surface area contributed by atoms with Crippen LogP contribution in [0.2, 0.25) is 0 Å². The zero-order chi connectivity index (χ0) is 14.0. The summed E-state index contributed by atoms with van der Waals surface area (Å²) in [5.41, 5.74) is 8.19. The van der Waals surface area contributed by atoms with Crippen LogP contribution < -0.4 is 5.73 Å². The molecule has 1 unspecified atom stereocenters. The molecule has 0 amide bonds. The maximum atomic E-state index is 6.34. The molecule has 0 fully saturated rings. The molecule has 0 aliphatic rings. The first-order valence-electron chi connectivity index (χ1n) is 5.91. The predicted molar refractivity (Wildman–Crippen MR) is 79.2 cm³/mol. The smallest absolute Gasteiger partial charge is 0.0863 e. The van der Waals surface area contributed by atoms with Gasteiger partial charge in [-0.15, -0.1) is 5.10 Å². The minimum Gasteiger partial charge on any atom is -0.318 e. The van der Waals surface area contributed by atoms with Crippen LogP contribution in [0.5, 0.6) is 0 Å². The first kappa shape index (κ1) is 14.6. The van der Waals surface area contributed by atoms with Gasteiger partial charge in [0.15, 0.2) is 0 Å². The number of rotatable bonds is 5. The summed E-state index contributed by atoms with van der Waals surface area (Å²) in [6, 6.07) is -0.251. The minimum absolute atomic E-state index is 0.251. The lowest BCUT2D eigenvalue weighted by molar-refractivity contribution is 0.368. The maximum absolute atomic E-state index is 6.34. The second kappa shape index (κ2) is 6.08. The Morgan fingerprint density at radius 2 is 2.26 bits per heavy atom. The molecule has 2 rings (SSSR count). The van der Waals surface area contributed by atoms with Crippen molar-refractivity contribution in [3.63, 3.8) is 0 Å². The number of aryl methyl sites for hydroxylation is 1. The zero-order valence-corrected chi connectivity index (χ0v) is 13.6. The second-order valence-electron chi connectivity index (χ2n) is 4.60. The first-order chi connectivity index (χ1) is 9.00. The summed E-state index contributed by atoms with van der Waals surface area (Å²) in [5, 5.41) is 8.39. The third-order valence-corrected chi connectivity index (χ3v) is 4.38. The monoisotopic (exact) mass is 344 g/mol. The maximum Gasteiger partial charge on any atom is 0.0863 e. The summed E-state index contributed by atoms with van der Waals surface area (Å²) in [6.45, 7) is 3.63. The van der Waals surface area contributed by atoms with E-state index in [4.69, 9.17) is 5.73 Å². The van der Waals surface area contributed by atoms with Crippen molar-refractivity contribution in [2.24, 2.45) is 5.73 Å². The number of nitrogens with zero attached hydrogens (tertiary/aromatic N) is 5. The highest BCUT2D eigenvalue weighted by Gasteiger charge is 2.22. The number of hydrogen-bond donors (Lipinski definition) is 1. The molecule has 8 heteroatoms. The van der Waals surface area contributed by atoms with E-state index in [0.717, 1.165) is 33.8 Å². The molecular weight excluding hydrogens is 328 g/mol. The van der Waals surface area contributed by atoms with E-state index in [2.05, 4.69) is 35.5 Å². The van der Waals surface area contributed by atoms with Crippen LogP contribution in [-0.2, 0) is 6.54 Å². The molecule has 0 spiro atoms. The summed E-state index contributed by atoms with van der Waals surface area (Å²) in [7, 11) is 4.07. The van der Waals surface area contributed by atoms with Crippen molar-refractivity contribution in [1.29, 1.82) is 0 Å². The highest BCUT2D eigenvalue weighted by Crippen LogP contribution is 2.29. The molecule has 0 saturated heterocycles. The fourth-order valence-electron chi connectivity index (χ4n) is 1.80. The second-order valence-corrected chi connectivity index (χ2v) is 6.24. The zero-order valence-electron chi connectivity index (χ0n) is 11.2. The Balaban J connectivity index is 2.28. The molecule has 0 bridgehead atoms. The van der Waals surface area contributed by atoms with E-state index in [1.54, 1.807) is 6.20 Å². The topological polar surface area (TPSA) is 72.9 Å². The standard InChI is InChI=1S/C11H17BrN6S/c1-7-11(19-16-15-7)9(13)10-8(12)6-14-18(10)5-4-17(2)3/h6,9H,4-5,13H2,1-3H3. The Kier molecular flexibility index (Phi) is 4.67. The van der Waals surface area contributed by atoms with E-state index < -0.39 is 0 Å². The van der Waals surface area contributed by atoms with Crippen LogP contribution in [0.4, 0.5) is 0 Å². The largest absolute Gasteiger partial charge is 0.318 e. The van der Waals surface area contributed by atoms with Gasteiger partial charge in [-0.2, -0.15) is 5.10 Å². The molecule has 0 aromatic carbocycles. The van der Waals surface area contributed by atoms with Crippen LogP contribution in [0.1, 0.15) is 22.3 Å². The van der Waals surface area contributed by atoms with Crippen molar-refractivity contribution in [2.45, 2.75) is 19.5 Å². The van der Waals surface area contributed by atoms with E-state index in [1.165, 1.54) is 11.5 Å². The van der Waals surface area contributed by atoms with Crippen molar-refractivity contribution in [3.05, 3.63) is 26.9 Å². The van der Waals surface area contributed by atoms with Gasteiger partial charge in [-0.1, -0.05) is 4.49 Å². The molecule has 2 aromatic rings. The normalized spacial score (nSPS) is 13.2. The SMILES string of the molecule is Cc1nnsc1C(N)c1c(Br)cnn1CCN(C)C. The summed E-state index contributed by atoms with van der Waals surface area (Å²) in [6.07, 6.45) is 1.79. The van der Waals surface area contributed by atoms with Crippen molar-refractivity contribution in [1.82, 2.24) is 24.3 Å². The highest BCUT2D eigenvalue weighted by molar-refractivity contribution is 9.10. The van der Waals surface area contributed by atoms with Gasteiger partial charge in [-0.25, -0.2) is 0 Å². The molecule has 0 saturated carbocycles. The molecule has 0 aliphatic carbocycles. The lowest BCUT2D eigenvalue weighted by atomic mass is 10.1. The Morgan fingerprint density at radius 3 is 2.84 bits per heavy atom. The number of halogens is 1. The summed E-state index contributed by atoms with van der Waals surface area (Å²) in [5.74, 6) is 0. The highest BCUT2D eigenvalue weighted by atomic mass is 79.9. The van der Waals surface area contributed by atoms with Crippen molar-refractivity contribution >= 4 is 27.5 Å². The fraction of sp³-hybridized carbons (Fsp3) is 0.545. The van der Waals surface area contributed by atoms with Crippen LogP contribution in [0.25, 0.3) is 0 Å². The number of nitrogens with two attached hydrogens (primary N) is 1. The molecule has 0 radical (unpaired) electrons. The average Bonchev–Trinajstić information content (AvgIpc) is 2.92. The molecule has 104 valence electrons. The lowest BCUT2D eigenvalue weighted by Gasteiger charge is -2.16. The fourth-order valence-corrected chi connectivity index (χ4v) is 2.99. The first-order valence-corrected chi connectivity index (χ1v) is 7.47. The third kappa shape index (κ3) is 3.19. The van der Waals surface area contributed by atoms with Gasteiger partial charge in [-0.3, -0.25) is 4.68 Å². The van der Waals surface area contributed by atoms with Gasteiger partial charge in [0.05, 0.1) is 39.5 Å². The molecule has 19 heavy (non-hydrogen) atoms. The average molecular weight is 345 g/mol. The Hall–Kier alpha value is -0.830. The minimum atomic E-state index is -0.251. The van der Waals surface area contributed by atoms with Gasteiger partial charge in [0.2, 0.25) is 0 Å². The van der Waals surface area contributed by atoms with Crippen LogP contribution in [0.3, 0.4) is 0 Å². The van der Waals surface area contributed by atoms with Crippen molar-refractivity contribution < 1.29 is 0 Å². The van der Waals surface area contributed by atoms with Gasteiger partial charge in [-0.05, 0) is 48.5 Å². The number of aromatic nitrogens is 4. The van der Waals surface area contributed by atoms with E-state index in [-0.39, 0.29) is 6.04 Å². The summed E-state index contributed by atoms with van der Waals surface area (Å²) in [4.78, 5) is 3.09. The van der Waals surface area contributed by atoms with E-state index in [0.29, 0.717) is 0 Å². The van der Waals surface area contributed by atoms with Gasteiger partial charge < -0.3 is 10.6 Å². The van der Waals surface area contributed by atoms with Crippen LogP contribution in [0, 0.1) is 6.92 Å². The molecule has 6 nitrogen and oxygen atoms in total. The molecule has 1 atom stereocenters. The summed E-state index contributed by atoms with van der Waals surface area (Å²) >= 11 is 4.86. The third-order valence-electron chi connectivity index (χ3n) is 2.86. The Labute approximate surface area is 124 Å². The van der Waals surface area contributed by atoms with E-state index in [9.17, 15) is 0 Å². The summed E-state index contributed by atoms with van der Waals surface area (Å²) < 4.78 is 6.81. The molecule has 2 N–H and O–H groups in total. The molecular formula is C11H17BrN6S. The molecule has 2 heterocycles.